The molecule has 146 valence electrons. The van der Waals surface area contributed by atoms with Crippen LogP contribution in [0.3, 0.4) is 0 Å². The van der Waals surface area contributed by atoms with Crippen molar-refractivity contribution in [1.82, 2.24) is 9.88 Å². The molecule has 1 aliphatic heterocycles. The van der Waals surface area contributed by atoms with E-state index in [1.54, 1.807) is 43.0 Å². The number of esters is 1. The van der Waals surface area contributed by atoms with Gasteiger partial charge in [-0.3, -0.25) is 4.79 Å². The van der Waals surface area contributed by atoms with E-state index in [-0.39, 0.29) is 12.7 Å². The third-order valence-electron chi connectivity index (χ3n) is 4.69. The normalized spacial score (nSPS) is 13.5. The number of nitrogens with zero attached hydrogens (tertiary/aromatic N) is 1. The summed E-state index contributed by atoms with van der Waals surface area (Å²) in [6.07, 6.45) is 1.03. The fraction of sp³-hybridized carbons (Fsp3) is 0.300. The topological polar surface area (TPSA) is 91.9 Å². The Kier molecular flexibility index (Phi) is 4.68. The molecule has 1 atom stereocenters. The molecule has 0 aliphatic carbocycles. The van der Waals surface area contributed by atoms with Crippen molar-refractivity contribution in [2.24, 2.45) is 7.05 Å². The van der Waals surface area contributed by atoms with Crippen LogP contribution in [0.1, 0.15) is 29.4 Å². The van der Waals surface area contributed by atoms with Crippen LogP contribution in [-0.2, 0) is 23.1 Å². The van der Waals surface area contributed by atoms with Crippen molar-refractivity contribution >= 4 is 23.0 Å². The summed E-state index contributed by atoms with van der Waals surface area (Å²) in [6, 6.07) is 8.83. The van der Waals surface area contributed by atoms with Gasteiger partial charge in [-0.05, 0) is 24.1 Å². The molecule has 0 fully saturated rings. The number of aryl methyl sites for hydroxylation is 1. The van der Waals surface area contributed by atoms with Crippen LogP contribution in [0.5, 0.6) is 11.5 Å². The van der Waals surface area contributed by atoms with Crippen LogP contribution in [0.15, 0.2) is 41.0 Å². The predicted octanol–water partition coefficient (Wildman–Crippen LogP) is 2.75. The molecule has 0 saturated carbocycles. The molecule has 28 heavy (non-hydrogen) atoms. The number of aromatic nitrogens is 1. The summed E-state index contributed by atoms with van der Waals surface area (Å²) in [5.74, 6) is 0.410. The summed E-state index contributed by atoms with van der Waals surface area (Å²) >= 11 is 0. The molecule has 0 unspecified atom stereocenters. The van der Waals surface area contributed by atoms with Gasteiger partial charge >= 0.3 is 5.97 Å². The molecule has 0 saturated heterocycles. The minimum Gasteiger partial charge on any atom is -0.463 e. The lowest BCUT2D eigenvalue weighted by Gasteiger charge is -2.16. The van der Waals surface area contributed by atoms with Gasteiger partial charge in [-0.15, -0.1) is 0 Å². The van der Waals surface area contributed by atoms with Crippen LogP contribution in [0.25, 0.3) is 11.1 Å². The zero-order valence-corrected chi connectivity index (χ0v) is 15.6. The van der Waals surface area contributed by atoms with E-state index in [2.05, 4.69) is 5.32 Å². The Morgan fingerprint density at radius 1 is 1.21 bits per heavy atom. The quantitative estimate of drug-likeness (QED) is 0.657. The van der Waals surface area contributed by atoms with Gasteiger partial charge in [-0.2, -0.15) is 0 Å². The van der Waals surface area contributed by atoms with Crippen LogP contribution in [0, 0.1) is 0 Å². The first-order valence-corrected chi connectivity index (χ1v) is 8.97. The second kappa shape index (κ2) is 7.30. The predicted molar refractivity (Wildman–Crippen MR) is 99.1 cm³/mol. The molecule has 4 rings (SSSR count). The summed E-state index contributed by atoms with van der Waals surface area (Å²) in [6.45, 7) is 2.28. The van der Waals surface area contributed by atoms with E-state index in [4.69, 9.17) is 18.6 Å². The maximum atomic E-state index is 12.5. The van der Waals surface area contributed by atoms with Crippen molar-refractivity contribution in [3.05, 3.63) is 47.9 Å². The lowest BCUT2D eigenvalue weighted by Crippen LogP contribution is -2.37. The molecular weight excluding hydrogens is 364 g/mol. The molecule has 3 heterocycles. The molecule has 3 aromatic rings. The van der Waals surface area contributed by atoms with Gasteiger partial charge in [0.2, 0.25) is 6.79 Å². The van der Waals surface area contributed by atoms with E-state index in [1.807, 2.05) is 12.1 Å². The highest BCUT2D eigenvalue weighted by Gasteiger charge is 2.24. The third-order valence-corrected chi connectivity index (χ3v) is 4.69. The van der Waals surface area contributed by atoms with Gasteiger partial charge in [0, 0.05) is 25.7 Å². The Balaban J connectivity index is 1.39. The van der Waals surface area contributed by atoms with Crippen molar-refractivity contribution < 1.29 is 28.2 Å². The highest BCUT2D eigenvalue weighted by molar-refractivity contribution is 5.95. The average molecular weight is 384 g/mol. The molecule has 1 aliphatic rings. The average Bonchev–Trinajstić information content (AvgIpc) is 3.41. The highest BCUT2D eigenvalue weighted by Crippen LogP contribution is 2.32. The summed E-state index contributed by atoms with van der Waals surface area (Å²) in [4.78, 5) is 25.0. The maximum Gasteiger partial charge on any atom is 0.355 e. The van der Waals surface area contributed by atoms with E-state index < -0.39 is 12.1 Å². The minimum absolute atomic E-state index is 0.197. The maximum absolute atomic E-state index is 12.5. The van der Waals surface area contributed by atoms with E-state index in [0.717, 1.165) is 11.1 Å². The first kappa shape index (κ1) is 18.0. The van der Waals surface area contributed by atoms with E-state index in [0.29, 0.717) is 35.7 Å². The number of ether oxygens (including phenoxy) is 3. The van der Waals surface area contributed by atoms with Crippen molar-refractivity contribution in [2.45, 2.75) is 26.0 Å². The van der Waals surface area contributed by atoms with Gasteiger partial charge in [0.15, 0.2) is 23.2 Å². The first-order valence-electron chi connectivity index (χ1n) is 8.97. The molecule has 1 amide bonds. The molecule has 2 aromatic heterocycles. The Morgan fingerprint density at radius 3 is 2.82 bits per heavy atom. The van der Waals surface area contributed by atoms with Crippen LogP contribution >= 0.6 is 0 Å². The second-order valence-corrected chi connectivity index (χ2v) is 6.47. The molecule has 8 nitrogen and oxygen atoms in total. The molecule has 0 radical (unpaired) electrons. The third kappa shape index (κ3) is 3.28. The first-order chi connectivity index (χ1) is 13.6. The number of fused-ring (bicyclic) bond motifs is 2. The van der Waals surface area contributed by atoms with Crippen molar-refractivity contribution in [2.75, 3.05) is 6.79 Å². The Bertz CT molecular complexity index is 1030. The van der Waals surface area contributed by atoms with E-state index in [1.165, 1.54) is 0 Å². The summed E-state index contributed by atoms with van der Waals surface area (Å²) in [5, 5.41) is 2.80. The number of amides is 1. The molecule has 8 heteroatoms. The lowest BCUT2D eigenvalue weighted by molar-refractivity contribution is -0.130. The van der Waals surface area contributed by atoms with Gasteiger partial charge in [0.05, 0.1) is 11.8 Å². The monoisotopic (exact) mass is 384 g/mol. The second-order valence-electron chi connectivity index (χ2n) is 6.47. The minimum atomic E-state index is -0.886. The van der Waals surface area contributed by atoms with E-state index >= 15 is 0 Å². The van der Waals surface area contributed by atoms with Gasteiger partial charge in [0.25, 0.3) is 5.91 Å². The van der Waals surface area contributed by atoms with Gasteiger partial charge in [-0.1, -0.05) is 13.0 Å². The van der Waals surface area contributed by atoms with E-state index in [9.17, 15) is 9.59 Å². The number of hydrogen-bond acceptors (Lipinski definition) is 6. The number of furan rings is 1. The summed E-state index contributed by atoms with van der Waals surface area (Å²) < 4.78 is 23.0. The zero-order valence-electron chi connectivity index (χ0n) is 15.6. The van der Waals surface area contributed by atoms with Gasteiger partial charge < -0.3 is 28.5 Å². The smallest absolute Gasteiger partial charge is 0.355 e. The molecule has 0 bridgehead atoms. The number of carbonyl (C=O) groups is 2. The zero-order chi connectivity index (χ0) is 19.7. The fourth-order valence-electron chi connectivity index (χ4n) is 3.11. The Labute approximate surface area is 161 Å². The lowest BCUT2D eigenvalue weighted by atomic mass is 10.2. The molecule has 0 spiro atoms. The highest BCUT2D eigenvalue weighted by atomic mass is 16.7. The van der Waals surface area contributed by atoms with Gasteiger partial charge in [-0.25, -0.2) is 4.79 Å². The fourth-order valence-corrected chi connectivity index (χ4v) is 3.11. The molecular formula is C20H20N2O6. The Morgan fingerprint density at radius 2 is 2.04 bits per heavy atom. The summed E-state index contributed by atoms with van der Waals surface area (Å²) in [5.41, 5.74) is 2.57. The number of nitrogens with one attached hydrogen (secondary N) is 1. The SMILES string of the molecule is CC[C@H](OC(=O)c1cc2occc2n1C)C(=O)NCc1ccc2c(c1)OCO2. The van der Waals surface area contributed by atoms with Crippen molar-refractivity contribution in [1.29, 1.82) is 0 Å². The Hall–Kier alpha value is -3.42. The van der Waals surface area contributed by atoms with Crippen LogP contribution in [0.4, 0.5) is 0 Å². The number of benzene rings is 1. The summed E-state index contributed by atoms with van der Waals surface area (Å²) in [7, 11) is 1.75. The van der Waals surface area contributed by atoms with Crippen LogP contribution in [0.2, 0.25) is 0 Å². The number of hydrogen-bond donors (Lipinski definition) is 1. The van der Waals surface area contributed by atoms with Crippen LogP contribution < -0.4 is 14.8 Å². The molecule has 1 aromatic carbocycles. The number of carbonyl (C=O) groups excluding carboxylic acids is 2. The molecule has 1 N–H and O–H groups in total. The largest absolute Gasteiger partial charge is 0.463 e. The van der Waals surface area contributed by atoms with Crippen LogP contribution in [-0.4, -0.2) is 29.3 Å². The number of rotatable bonds is 6. The van der Waals surface area contributed by atoms with Crippen molar-refractivity contribution in [3.8, 4) is 11.5 Å². The standard InChI is InChI=1S/C20H20N2O6/c1-3-15(28-20(24)14-9-17-13(22(14)2)6-7-25-17)19(23)21-10-12-4-5-16-18(8-12)27-11-26-16/h4-9,15H,3,10-11H2,1-2H3,(H,21,23)/t15-/m0/s1. The van der Waals surface area contributed by atoms with Crippen molar-refractivity contribution in [3.63, 3.8) is 0 Å². The van der Waals surface area contributed by atoms with Gasteiger partial charge in [0.1, 0.15) is 5.69 Å².